The van der Waals surface area contributed by atoms with Crippen LogP contribution in [0.25, 0.3) is 11.0 Å². The Balaban J connectivity index is 0.000000305. The molecule has 5 heterocycles. The first-order valence-corrected chi connectivity index (χ1v) is 13.1. The molecule has 13 heteroatoms. The summed E-state index contributed by atoms with van der Waals surface area (Å²) in [5.41, 5.74) is 3.48. The molecule has 0 aliphatic carbocycles. The number of nitrogen functional groups attached to an aromatic ring is 1. The number of carbonyl (C=O) groups is 3. The summed E-state index contributed by atoms with van der Waals surface area (Å²) in [6, 6.07) is 16.6. The number of aromatic carboxylic acids is 1. The van der Waals surface area contributed by atoms with Crippen LogP contribution in [-0.2, 0) is 14.3 Å². The van der Waals surface area contributed by atoms with Crippen LogP contribution in [0.4, 0.5) is 0 Å². The maximum Gasteiger partial charge on any atom is 0.490 e. The lowest BCUT2D eigenvalue weighted by Gasteiger charge is -2.00. The van der Waals surface area contributed by atoms with Crippen LogP contribution in [0.1, 0.15) is 46.0 Å². The molecule has 5 aromatic rings. The lowest BCUT2D eigenvalue weighted by molar-refractivity contribution is -0.638. The number of nitrogens with two attached hydrogens (primary N) is 1. The fourth-order valence-corrected chi connectivity index (χ4v) is 3.60. The van der Waals surface area contributed by atoms with Crippen LogP contribution in [0.2, 0.25) is 0 Å². The van der Waals surface area contributed by atoms with Gasteiger partial charge in [0, 0.05) is 24.5 Å². The van der Waals surface area contributed by atoms with Crippen molar-refractivity contribution in [1.82, 2.24) is 19.2 Å². The largest absolute Gasteiger partial charge is 1.00 e. The van der Waals surface area contributed by atoms with Gasteiger partial charge < -0.3 is 38.6 Å². The number of rotatable bonds is 4. The van der Waals surface area contributed by atoms with Crippen molar-refractivity contribution in [3.05, 3.63) is 109 Å². The van der Waals surface area contributed by atoms with Crippen LogP contribution in [0.5, 0.6) is 0 Å². The summed E-state index contributed by atoms with van der Waals surface area (Å²) in [4.78, 5) is 32.7. The number of pyridine rings is 3. The molecule has 3 N–H and O–H groups in total. The standard InChI is InChI=1S/C11H12N2O2.C9H8N2O2.C6H7O2.C5H7N2.HI/c1-3-15-11(14)10-8(2)12-13-7-5-4-6-9(10)13;1-6-8(9(12)13)7-4-2-3-5-11(7)10-6;1-3-5-6(7)8-4-2;6-7-4-2-1-3-5-7;/h4-7H,3H2,1-2H3;2-5H,1H3,(H,12,13);1,4H2,2H3;1-5H,6H2;1H/q;;2*+1;/p-1. The van der Waals surface area contributed by atoms with Gasteiger partial charge in [-0.05, 0) is 52.0 Å². The second kappa shape index (κ2) is 19.2. The van der Waals surface area contributed by atoms with Crippen molar-refractivity contribution in [2.45, 2.75) is 27.7 Å². The van der Waals surface area contributed by atoms with Gasteiger partial charge in [0.2, 0.25) is 5.92 Å². The molecule has 0 radical (unpaired) electrons. The molecule has 5 aromatic heterocycles. The summed E-state index contributed by atoms with van der Waals surface area (Å²) in [7, 11) is 0. The molecule has 0 aliphatic heterocycles. The maximum atomic E-state index is 11.7. The highest BCUT2D eigenvalue weighted by atomic mass is 127. The highest BCUT2D eigenvalue weighted by Gasteiger charge is 2.17. The molecule has 0 saturated carbocycles. The van der Waals surface area contributed by atoms with E-state index in [0.29, 0.717) is 35.7 Å². The van der Waals surface area contributed by atoms with Crippen LogP contribution in [0.15, 0.2) is 79.4 Å². The number of ether oxygens (including phenoxy) is 2. The molecular weight excluding hydrogens is 679 g/mol. The molecule has 0 aromatic carbocycles. The molecule has 0 saturated heterocycles. The fraction of sp³-hybridized carbons (Fsp3) is 0.194. The second-order valence-corrected chi connectivity index (χ2v) is 8.35. The van der Waals surface area contributed by atoms with Gasteiger partial charge in [-0.3, -0.25) is 0 Å². The van der Waals surface area contributed by atoms with Crippen molar-refractivity contribution in [1.29, 1.82) is 0 Å². The molecule has 0 atom stereocenters. The normalized spacial score (nSPS) is 9.27. The third-order valence-electron chi connectivity index (χ3n) is 5.33. The summed E-state index contributed by atoms with van der Waals surface area (Å²) < 4.78 is 14.2. The van der Waals surface area contributed by atoms with Crippen molar-refractivity contribution >= 4 is 28.9 Å². The van der Waals surface area contributed by atoms with Gasteiger partial charge in [0.05, 0.1) is 42.6 Å². The van der Waals surface area contributed by atoms with Gasteiger partial charge in [0.15, 0.2) is 12.4 Å². The lowest BCUT2D eigenvalue weighted by atomic mass is 10.2. The predicted molar refractivity (Wildman–Crippen MR) is 159 cm³/mol. The summed E-state index contributed by atoms with van der Waals surface area (Å²) in [5, 5.41) is 17.2. The average molecular weight is 714 g/mol. The number of fused-ring (bicyclic) bond motifs is 2. The van der Waals surface area contributed by atoms with E-state index < -0.39 is 11.9 Å². The number of aromatic nitrogens is 5. The Labute approximate surface area is 272 Å². The van der Waals surface area contributed by atoms with Crippen LogP contribution < -0.4 is 34.5 Å². The fourth-order valence-electron chi connectivity index (χ4n) is 3.60. The molecule has 0 fully saturated rings. The van der Waals surface area contributed by atoms with E-state index in [2.05, 4.69) is 33.7 Å². The van der Waals surface area contributed by atoms with Gasteiger partial charge >= 0.3 is 17.9 Å². The molecule has 5 rings (SSSR count). The molecule has 230 valence electrons. The summed E-state index contributed by atoms with van der Waals surface area (Å²) in [5.74, 6) is 7.82. The van der Waals surface area contributed by atoms with E-state index >= 15 is 0 Å². The van der Waals surface area contributed by atoms with Crippen molar-refractivity contribution in [2.75, 3.05) is 19.1 Å². The third kappa shape index (κ3) is 11.0. The zero-order chi connectivity index (χ0) is 31.8. The minimum absolute atomic E-state index is 0. The number of carbonyl (C=O) groups excluding carboxylic acids is 2. The molecule has 44 heavy (non-hydrogen) atoms. The Bertz CT molecular complexity index is 1720. The first-order chi connectivity index (χ1) is 20.6. The van der Waals surface area contributed by atoms with Gasteiger partial charge in [-0.15, -0.1) is 0 Å². The number of carboxylic acids is 1. The quantitative estimate of drug-likeness (QED) is 0.0508. The Morgan fingerprint density at radius 2 is 1.36 bits per heavy atom. The monoisotopic (exact) mass is 713 g/mol. The average Bonchev–Trinajstić information content (AvgIpc) is 3.50. The highest BCUT2D eigenvalue weighted by Crippen LogP contribution is 2.16. The summed E-state index contributed by atoms with van der Waals surface area (Å²) in [6.45, 7) is 10.9. The number of hydrogen-bond acceptors (Lipinski definition) is 8. The van der Waals surface area contributed by atoms with E-state index in [4.69, 9.17) is 15.7 Å². The van der Waals surface area contributed by atoms with Crippen LogP contribution in [0.3, 0.4) is 0 Å². The summed E-state index contributed by atoms with van der Waals surface area (Å²) >= 11 is 0. The number of hydrogen-bond donors (Lipinski definition) is 2. The smallest absolute Gasteiger partial charge is 0.490 e. The third-order valence-corrected chi connectivity index (χ3v) is 5.33. The highest BCUT2D eigenvalue weighted by molar-refractivity contribution is 5.98. The Morgan fingerprint density at radius 1 is 0.864 bits per heavy atom. The number of aryl methyl sites for hydroxylation is 2. The molecule has 0 amide bonds. The predicted octanol–water partition coefficient (Wildman–Crippen LogP) is 0.239. The SMILES string of the molecule is CCOC(=O)c1c(C)nn2ccccc12.Cc1nn2ccccc2c1C(=O)O.N[n+]1ccccc1.[CH2+]C#CC(=O)OCC.[I-]. The second-order valence-electron chi connectivity index (χ2n) is 8.35. The Morgan fingerprint density at radius 3 is 1.80 bits per heavy atom. The molecule has 0 unspecified atom stereocenters. The van der Waals surface area contributed by atoms with Gasteiger partial charge in [0.1, 0.15) is 17.0 Å². The molecule has 0 spiro atoms. The van der Waals surface area contributed by atoms with E-state index in [1.54, 1.807) is 67.4 Å². The molecular formula is C31H34IN6O6+. The summed E-state index contributed by atoms with van der Waals surface area (Å²) in [6.07, 6.45) is 7.10. The number of carboxylic acid groups (broad SMARTS) is 1. The van der Waals surface area contributed by atoms with E-state index in [1.807, 2.05) is 48.7 Å². The number of nitrogens with zero attached hydrogens (tertiary/aromatic N) is 5. The van der Waals surface area contributed by atoms with E-state index in [9.17, 15) is 14.4 Å². The Hall–Kier alpha value is -5.10. The first kappa shape index (κ1) is 36.9. The van der Waals surface area contributed by atoms with Crippen molar-refractivity contribution in [2.24, 2.45) is 0 Å². The van der Waals surface area contributed by atoms with Crippen molar-refractivity contribution in [3.8, 4) is 11.8 Å². The van der Waals surface area contributed by atoms with Gasteiger partial charge in [-0.2, -0.15) is 10.2 Å². The number of esters is 2. The topological polar surface area (TPSA) is 154 Å². The van der Waals surface area contributed by atoms with Crippen LogP contribution in [-0.4, -0.2) is 55.5 Å². The van der Waals surface area contributed by atoms with Gasteiger partial charge in [-0.25, -0.2) is 29.3 Å². The Kier molecular flexibility index (Phi) is 16.1. The lowest BCUT2D eigenvalue weighted by Crippen LogP contribution is -3.00. The van der Waals surface area contributed by atoms with E-state index in [1.165, 1.54) is 4.68 Å². The zero-order valence-electron chi connectivity index (χ0n) is 24.8. The van der Waals surface area contributed by atoms with Gasteiger partial charge in [0.25, 0.3) is 0 Å². The molecule has 0 aliphatic rings. The molecule has 12 nitrogen and oxygen atoms in total. The first-order valence-electron chi connectivity index (χ1n) is 13.1. The maximum absolute atomic E-state index is 11.7. The zero-order valence-corrected chi connectivity index (χ0v) is 27.0. The van der Waals surface area contributed by atoms with Crippen LogP contribution >= 0.6 is 0 Å². The van der Waals surface area contributed by atoms with E-state index in [0.717, 1.165) is 5.52 Å². The van der Waals surface area contributed by atoms with Crippen molar-refractivity contribution in [3.63, 3.8) is 0 Å². The molecule has 0 bridgehead atoms. The number of halogens is 1. The van der Waals surface area contributed by atoms with Crippen molar-refractivity contribution < 1.29 is 57.6 Å². The van der Waals surface area contributed by atoms with Crippen LogP contribution in [0, 0.1) is 32.6 Å². The minimum Gasteiger partial charge on any atom is -1.00 e. The van der Waals surface area contributed by atoms with E-state index in [-0.39, 0.29) is 35.5 Å². The minimum atomic E-state index is -0.932. The van der Waals surface area contributed by atoms with Gasteiger partial charge in [-0.1, -0.05) is 22.9 Å².